The summed E-state index contributed by atoms with van der Waals surface area (Å²) in [5.74, 6) is 0.309. The number of hydrogen-bond acceptors (Lipinski definition) is 3. The van der Waals surface area contributed by atoms with Crippen LogP contribution < -0.4 is 10.1 Å². The van der Waals surface area contributed by atoms with Crippen LogP contribution in [0.25, 0.3) is 5.69 Å². The number of halogens is 1. The highest BCUT2D eigenvalue weighted by Gasteiger charge is 2.15. The van der Waals surface area contributed by atoms with Gasteiger partial charge in [0, 0.05) is 37.1 Å². The maximum absolute atomic E-state index is 14.4. The lowest BCUT2D eigenvalue weighted by atomic mass is 10.0. The van der Waals surface area contributed by atoms with E-state index in [-0.39, 0.29) is 18.4 Å². The third kappa shape index (κ3) is 4.62. The van der Waals surface area contributed by atoms with Crippen molar-refractivity contribution in [2.75, 3.05) is 19.5 Å². The Hall–Kier alpha value is -3.35. The summed E-state index contributed by atoms with van der Waals surface area (Å²) in [5, 5.41) is 2.84. The van der Waals surface area contributed by atoms with Crippen LogP contribution in [-0.4, -0.2) is 34.6 Å². The van der Waals surface area contributed by atoms with Crippen molar-refractivity contribution in [3.05, 3.63) is 71.1 Å². The largest absolute Gasteiger partial charge is 0.494 e. The smallest absolute Gasteiger partial charge is 0.321 e. The fourth-order valence-corrected chi connectivity index (χ4v) is 3.35. The lowest BCUT2D eigenvalue weighted by Gasteiger charge is -2.20. The van der Waals surface area contributed by atoms with Crippen molar-refractivity contribution >= 4 is 11.7 Å². The van der Waals surface area contributed by atoms with Gasteiger partial charge in [0.05, 0.1) is 24.8 Å². The summed E-state index contributed by atoms with van der Waals surface area (Å²) in [6.45, 7) is 6.03. The molecule has 0 spiro atoms. The number of benzene rings is 2. The van der Waals surface area contributed by atoms with Crippen molar-refractivity contribution in [1.29, 1.82) is 0 Å². The molecule has 158 valence electrons. The zero-order valence-corrected chi connectivity index (χ0v) is 18.0. The highest BCUT2D eigenvalue weighted by Crippen LogP contribution is 2.27. The number of anilines is 1. The maximum Gasteiger partial charge on any atom is 0.321 e. The summed E-state index contributed by atoms with van der Waals surface area (Å²) in [7, 11) is 3.21. The number of urea groups is 1. The molecule has 1 N–H and O–H groups in total. The summed E-state index contributed by atoms with van der Waals surface area (Å²) < 4.78 is 21.7. The second kappa shape index (κ2) is 8.98. The van der Waals surface area contributed by atoms with Gasteiger partial charge in [-0.05, 0) is 49.6 Å². The molecule has 2 aromatic carbocycles. The van der Waals surface area contributed by atoms with Gasteiger partial charge in [-0.2, -0.15) is 0 Å². The van der Waals surface area contributed by atoms with Gasteiger partial charge in [0.25, 0.3) is 0 Å². The molecular weight excluding hydrogens is 383 g/mol. The normalized spacial score (nSPS) is 10.7. The van der Waals surface area contributed by atoms with E-state index in [4.69, 9.17) is 4.74 Å². The molecule has 30 heavy (non-hydrogen) atoms. The van der Waals surface area contributed by atoms with Gasteiger partial charge in [0.15, 0.2) is 0 Å². The molecule has 7 heteroatoms. The number of rotatable bonds is 6. The predicted molar refractivity (Wildman–Crippen MR) is 116 cm³/mol. The SMILES string of the molecule is CCc1cc(F)c(CN(C)C(=O)Nc2ccc(-n3cnc(C)c3)c(OC)c2)cc1C. The van der Waals surface area contributed by atoms with Gasteiger partial charge in [-0.25, -0.2) is 14.2 Å². The molecule has 3 aromatic rings. The number of nitrogens with one attached hydrogen (secondary N) is 1. The summed E-state index contributed by atoms with van der Waals surface area (Å²) in [6.07, 6.45) is 4.37. The van der Waals surface area contributed by atoms with Crippen molar-refractivity contribution in [3.8, 4) is 11.4 Å². The molecule has 0 aliphatic rings. The number of aromatic nitrogens is 2. The van der Waals surface area contributed by atoms with Crippen LogP contribution in [-0.2, 0) is 13.0 Å². The predicted octanol–water partition coefficient (Wildman–Crippen LogP) is 4.86. The van der Waals surface area contributed by atoms with E-state index in [9.17, 15) is 9.18 Å². The van der Waals surface area contributed by atoms with Crippen molar-refractivity contribution < 1.29 is 13.9 Å². The van der Waals surface area contributed by atoms with E-state index in [0.717, 1.165) is 28.9 Å². The van der Waals surface area contributed by atoms with Gasteiger partial charge in [-0.15, -0.1) is 0 Å². The highest BCUT2D eigenvalue weighted by molar-refractivity contribution is 5.89. The molecule has 0 bridgehead atoms. The Morgan fingerprint density at radius 3 is 2.63 bits per heavy atom. The number of hydrogen-bond donors (Lipinski definition) is 1. The van der Waals surface area contributed by atoms with E-state index >= 15 is 0 Å². The Balaban J connectivity index is 1.73. The van der Waals surface area contributed by atoms with Crippen LogP contribution in [0.4, 0.5) is 14.9 Å². The Kier molecular flexibility index (Phi) is 6.40. The van der Waals surface area contributed by atoms with Gasteiger partial charge >= 0.3 is 6.03 Å². The minimum Gasteiger partial charge on any atom is -0.494 e. The minimum atomic E-state index is -0.333. The van der Waals surface area contributed by atoms with Gasteiger partial charge in [-0.3, -0.25) is 0 Å². The zero-order chi connectivity index (χ0) is 21.8. The number of ether oxygens (including phenoxy) is 1. The Labute approximate surface area is 176 Å². The third-order valence-electron chi connectivity index (χ3n) is 5.06. The standard InChI is InChI=1S/C23H27FN4O2/c1-6-17-10-20(24)18(9-15(17)2)13-27(4)23(29)26-19-7-8-21(22(11-19)30-5)28-12-16(3)25-14-28/h7-12,14H,6,13H2,1-5H3,(H,26,29). The maximum atomic E-state index is 14.4. The van der Waals surface area contributed by atoms with Gasteiger partial charge in [0.2, 0.25) is 0 Å². The Morgan fingerprint density at radius 1 is 1.23 bits per heavy atom. The van der Waals surface area contributed by atoms with E-state index in [0.29, 0.717) is 17.0 Å². The minimum absolute atomic E-state index is 0.173. The number of nitrogens with zero attached hydrogens (tertiary/aromatic N) is 3. The quantitative estimate of drug-likeness (QED) is 0.631. The van der Waals surface area contributed by atoms with Gasteiger partial charge in [-0.1, -0.05) is 13.0 Å². The number of methoxy groups -OCH3 is 1. The van der Waals surface area contributed by atoms with Crippen LogP contribution in [0.5, 0.6) is 5.75 Å². The monoisotopic (exact) mass is 410 g/mol. The Morgan fingerprint density at radius 2 is 2.00 bits per heavy atom. The number of imidazole rings is 1. The average Bonchev–Trinajstić information content (AvgIpc) is 3.16. The first kappa shape index (κ1) is 21.4. The third-order valence-corrected chi connectivity index (χ3v) is 5.06. The van der Waals surface area contributed by atoms with E-state index in [1.807, 2.05) is 43.7 Å². The van der Waals surface area contributed by atoms with Crippen LogP contribution in [0.1, 0.15) is 29.3 Å². The molecule has 2 amide bonds. The molecule has 1 heterocycles. The first-order valence-electron chi connectivity index (χ1n) is 9.81. The molecule has 0 atom stereocenters. The van der Waals surface area contributed by atoms with Crippen molar-refractivity contribution in [1.82, 2.24) is 14.5 Å². The molecule has 0 unspecified atom stereocenters. The molecule has 1 aromatic heterocycles. The second-order valence-electron chi connectivity index (χ2n) is 7.32. The first-order chi connectivity index (χ1) is 14.3. The molecule has 0 aliphatic carbocycles. The zero-order valence-electron chi connectivity index (χ0n) is 18.0. The van der Waals surface area contributed by atoms with E-state index in [2.05, 4.69) is 10.3 Å². The molecule has 0 saturated carbocycles. The lowest BCUT2D eigenvalue weighted by Crippen LogP contribution is -2.31. The molecular formula is C23H27FN4O2. The van der Waals surface area contributed by atoms with E-state index in [1.165, 1.54) is 4.90 Å². The number of aryl methyl sites for hydroxylation is 3. The molecule has 6 nitrogen and oxygen atoms in total. The molecule has 0 aliphatic heterocycles. The fraction of sp³-hybridized carbons (Fsp3) is 0.304. The van der Waals surface area contributed by atoms with E-state index < -0.39 is 0 Å². The lowest BCUT2D eigenvalue weighted by molar-refractivity contribution is 0.220. The first-order valence-corrected chi connectivity index (χ1v) is 9.81. The van der Waals surface area contributed by atoms with Crippen LogP contribution in [0, 0.1) is 19.7 Å². The molecule has 3 rings (SSSR count). The van der Waals surface area contributed by atoms with Crippen LogP contribution in [0.3, 0.4) is 0 Å². The summed E-state index contributed by atoms with van der Waals surface area (Å²) in [5.41, 5.74) is 4.79. The van der Waals surface area contributed by atoms with Crippen molar-refractivity contribution in [2.45, 2.75) is 33.7 Å². The highest BCUT2D eigenvalue weighted by atomic mass is 19.1. The fourth-order valence-electron chi connectivity index (χ4n) is 3.35. The van der Waals surface area contributed by atoms with Gasteiger partial charge in [0.1, 0.15) is 11.6 Å². The number of carbonyl (C=O) groups excluding carboxylic acids is 1. The van der Waals surface area contributed by atoms with Crippen molar-refractivity contribution in [3.63, 3.8) is 0 Å². The molecule has 0 saturated heterocycles. The molecule has 0 fully saturated rings. The summed E-state index contributed by atoms with van der Waals surface area (Å²) in [6, 6.07) is 8.42. The number of carbonyl (C=O) groups is 1. The van der Waals surface area contributed by atoms with Crippen LogP contribution in [0.2, 0.25) is 0 Å². The molecule has 0 radical (unpaired) electrons. The van der Waals surface area contributed by atoms with Crippen LogP contribution in [0.15, 0.2) is 42.9 Å². The van der Waals surface area contributed by atoms with Crippen molar-refractivity contribution in [2.24, 2.45) is 0 Å². The topological polar surface area (TPSA) is 59.4 Å². The van der Waals surface area contributed by atoms with E-state index in [1.54, 1.807) is 38.7 Å². The summed E-state index contributed by atoms with van der Waals surface area (Å²) >= 11 is 0. The summed E-state index contributed by atoms with van der Waals surface area (Å²) in [4.78, 5) is 18.3. The van der Waals surface area contributed by atoms with Crippen LogP contribution >= 0.6 is 0 Å². The number of amides is 2. The van der Waals surface area contributed by atoms with Gasteiger partial charge < -0.3 is 19.5 Å². The average molecular weight is 410 g/mol. The Bertz CT molecular complexity index is 1060. The second-order valence-corrected chi connectivity index (χ2v) is 7.32.